The monoisotopic (exact) mass is 217 g/mol. The molecule has 7 N–H and O–H groups in total. The molecule has 0 unspecified atom stereocenters. The molecule has 2 rings (SSSR count). The number of nitrogens with one attached hydrogen (secondary N) is 1. The number of aromatic nitrogens is 2. The van der Waals surface area contributed by atoms with Crippen LogP contribution in [0.5, 0.6) is 0 Å². The average molecular weight is 217 g/mol. The van der Waals surface area contributed by atoms with Crippen molar-refractivity contribution in [1.29, 1.82) is 0 Å². The van der Waals surface area contributed by atoms with Crippen LogP contribution in [-0.4, -0.2) is 22.1 Å². The number of hydrogen-bond acceptors (Lipinski definition) is 2. The van der Waals surface area contributed by atoms with Crippen molar-refractivity contribution in [2.45, 2.75) is 0 Å². The number of hydrogen-bond donors (Lipinski definition) is 4. The number of benzene rings is 1. The smallest absolute Gasteiger partial charge is 0.223 e. The zero-order chi connectivity index (χ0) is 11.5. The maximum absolute atomic E-state index is 5.51. The van der Waals surface area contributed by atoms with Gasteiger partial charge in [0.1, 0.15) is 0 Å². The molecule has 0 fully saturated rings. The van der Waals surface area contributed by atoms with Gasteiger partial charge in [0.2, 0.25) is 5.96 Å². The van der Waals surface area contributed by atoms with E-state index in [0.29, 0.717) is 5.69 Å². The molecule has 0 radical (unpaired) electrons. The van der Waals surface area contributed by atoms with E-state index in [1.807, 2.05) is 12.1 Å². The van der Waals surface area contributed by atoms with Gasteiger partial charge in [0.25, 0.3) is 0 Å². The minimum Gasteiger partial charge on any atom is -0.370 e. The lowest BCUT2D eigenvalue weighted by atomic mass is 10.2. The first-order chi connectivity index (χ1) is 7.65. The van der Waals surface area contributed by atoms with Crippen molar-refractivity contribution in [2.75, 3.05) is 0 Å². The van der Waals surface area contributed by atoms with Crippen molar-refractivity contribution in [2.24, 2.45) is 27.2 Å². The van der Waals surface area contributed by atoms with Crippen molar-refractivity contribution >= 4 is 28.5 Å². The zero-order valence-corrected chi connectivity index (χ0v) is 8.38. The summed E-state index contributed by atoms with van der Waals surface area (Å²) in [5, 5.41) is 7.68. The third kappa shape index (κ3) is 2.08. The van der Waals surface area contributed by atoms with E-state index in [1.165, 1.54) is 0 Å². The van der Waals surface area contributed by atoms with Crippen molar-refractivity contribution in [1.82, 2.24) is 10.2 Å². The fraction of sp³-hybridized carbons (Fsp3) is 0. The number of fused-ring (bicyclic) bond motifs is 1. The van der Waals surface area contributed by atoms with Gasteiger partial charge in [-0.3, -0.25) is 5.10 Å². The molecule has 16 heavy (non-hydrogen) atoms. The Morgan fingerprint density at radius 3 is 2.81 bits per heavy atom. The van der Waals surface area contributed by atoms with Crippen LogP contribution < -0.4 is 17.2 Å². The molecule has 0 saturated carbocycles. The highest BCUT2D eigenvalue weighted by Crippen LogP contribution is 2.18. The Labute approximate surface area is 91.1 Å². The van der Waals surface area contributed by atoms with Crippen LogP contribution in [-0.2, 0) is 0 Å². The normalized spacial score (nSPS) is 11.6. The standard InChI is InChI=1S/C9H11N7/c10-8(11)15-9(12)14-6-1-2-7-5(3-6)4-13-16-7/h1-4H,(H,13,16)(H6,10,11,12,14,15). The predicted molar refractivity (Wildman–Crippen MR) is 63.2 cm³/mol. The molecule has 0 spiro atoms. The van der Waals surface area contributed by atoms with Gasteiger partial charge in [-0.05, 0) is 18.2 Å². The lowest BCUT2D eigenvalue weighted by Crippen LogP contribution is -2.26. The van der Waals surface area contributed by atoms with Crippen molar-refractivity contribution in [3.63, 3.8) is 0 Å². The third-order valence-electron chi connectivity index (χ3n) is 1.91. The minimum atomic E-state index is -0.120. The van der Waals surface area contributed by atoms with E-state index in [1.54, 1.807) is 12.3 Å². The summed E-state index contributed by atoms with van der Waals surface area (Å²) in [7, 11) is 0. The maximum Gasteiger partial charge on any atom is 0.223 e. The van der Waals surface area contributed by atoms with Crippen LogP contribution >= 0.6 is 0 Å². The molecule has 7 heteroatoms. The molecule has 0 aliphatic heterocycles. The van der Waals surface area contributed by atoms with E-state index in [-0.39, 0.29) is 11.9 Å². The number of nitrogens with zero attached hydrogens (tertiary/aromatic N) is 3. The van der Waals surface area contributed by atoms with Crippen LogP contribution in [0.3, 0.4) is 0 Å². The van der Waals surface area contributed by atoms with Gasteiger partial charge in [-0.15, -0.1) is 0 Å². The quantitative estimate of drug-likeness (QED) is 0.388. The van der Waals surface area contributed by atoms with E-state index in [0.717, 1.165) is 10.9 Å². The summed E-state index contributed by atoms with van der Waals surface area (Å²) in [6.45, 7) is 0. The van der Waals surface area contributed by atoms with Crippen LogP contribution in [0.1, 0.15) is 0 Å². The number of nitrogens with two attached hydrogens (primary N) is 3. The van der Waals surface area contributed by atoms with Crippen LogP contribution in [0.4, 0.5) is 5.69 Å². The lowest BCUT2D eigenvalue weighted by molar-refractivity contribution is 1.12. The Morgan fingerprint density at radius 1 is 1.25 bits per heavy atom. The van der Waals surface area contributed by atoms with Crippen LogP contribution in [0.25, 0.3) is 10.9 Å². The summed E-state index contributed by atoms with van der Waals surface area (Å²) >= 11 is 0. The Balaban J connectivity index is 2.37. The van der Waals surface area contributed by atoms with E-state index in [4.69, 9.17) is 17.2 Å². The second kappa shape index (κ2) is 3.89. The topological polar surface area (TPSA) is 131 Å². The number of rotatable bonds is 1. The summed E-state index contributed by atoms with van der Waals surface area (Å²) in [6.07, 6.45) is 1.70. The second-order valence-corrected chi connectivity index (χ2v) is 3.15. The average Bonchev–Trinajstić information content (AvgIpc) is 2.63. The number of H-pyrrole nitrogens is 1. The highest BCUT2D eigenvalue weighted by Gasteiger charge is 1.97. The molecule has 0 atom stereocenters. The predicted octanol–water partition coefficient (Wildman–Crippen LogP) is -0.217. The van der Waals surface area contributed by atoms with Crippen molar-refractivity contribution in [3.05, 3.63) is 24.4 Å². The third-order valence-corrected chi connectivity index (χ3v) is 1.91. The van der Waals surface area contributed by atoms with E-state index in [9.17, 15) is 0 Å². The highest BCUT2D eigenvalue weighted by molar-refractivity contribution is 5.94. The summed E-state index contributed by atoms with van der Waals surface area (Å²) in [6, 6.07) is 5.47. The molecule has 0 aliphatic rings. The number of guanidine groups is 2. The van der Waals surface area contributed by atoms with E-state index >= 15 is 0 Å². The summed E-state index contributed by atoms with van der Waals surface area (Å²) in [5.74, 6) is -0.103. The summed E-state index contributed by atoms with van der Waals surface area (Å²) in [5.41, 5.74) is 17.4. The molecule has 2 aromatic rings. The molecule has 0 saturated heterocycles. The van der Waals surface area contributed by atoms with Crippen LogP contribution in [0.15, 0.2) is 34.4 Å². The first-order valence-corrected chi connectivity index (χ1v) is 4.52. The first-order valence-electron chi connectivity index (χ1n) is 4.52. The fourth-order valence-corrected chi connectivity index (χ4v) is 1.29. The van der Waals surface area contributed by atoms with Gasteiger partial charge in [0.15, 0.2) is 5.96 Å². The molecular weight excluding hydrogens is 206 g/mol. The fourth-order valence-electron chi connectivity index (χ4n) is 1.29. The maximum atomic E-state index is 5.51. The van der Waals surface area contributed by atoms with Gasteiger partial charge in [-0.25, -0.2) is 4.99 Å². The van der Waals surface area contributed by atoms with Crippen molar-refractivity contribution in [3.8, 4) is 0 Å². The number of aliphatic imine (C=N–C) groups is 2. The van der Waals surface area contributed by atoms with Crippen LogP contribution in [0, 0.1) is 0 Å². The van der Waals surface area contributed by atoms with E-state index < -0.39 is 0 Å². The molecule has 7 nitrogen and oxygen atoms in total. The molecule has 0 aliphatic carbocycles. The Hall–Kier alpha value is -2.57. The van der Waals surface area contributed by atoms with Gasteiger partial charge < -0.3 is 17.2 Å². The Morgan fingerprint density at radius 2 is 2.06 bits per heavy atom. The molecular formula is C9H11N7. The largest absolute Gasteiger partial charge is 0.370 e. The molecule has 1 heterocycles. The van der Waals surface area contributed by atoms with Gasteiger partial charge in [0, 0.05) is 5.39 Å². The molecule has 0 amide bonds. The highest BCUT2D eigenvalue weighted by atomic mass is 15.1. The Kier molecular flexibility index (Phi) is 2.42. The van der Waals surface area contributed by atoms with Gasteiger partial charge in [-0.1, -0.05) is 0 Å². The van der Waals surface area contributed by atoms with Crippen molar-refractivity contribution < 1.29 is 0 Å². The molecule has 82 valence electrons. The Bertz CT molecular complexity index is 562. The molecule has 1 aromatic heterocycles. The first kappa shape index (κ1) is 9.97. The summed E-state index contributed by atoms with van der Waals surface area (Å²) < 4.78 is 0. The summed E-state index contributed by atoms with van der Waals surface area (Å²) in [4.78, 5) is 7.65. The van der Waals surface area contributed by atoms with Gasteiger partial charge >= 0.3 is 0 Å². The van der Waals surface area contributed by atoms with Gasteiger partial charge in [0.05, 0.1) is 17.4 Å². The van der Waals surface area contributed by atoms with Gasteiger partial charge in [-0.2, -0.15) is 10.1 Å². The lowest BCUT2D eigenvalue weighted by Gasteiger charge is -1.96. The second-order valence-electron chi connectivity index (χ2n) is 3.15. The SMILES string of the molecule is NC(N)=NC(N)=Nc1ccc2[nH]ncc2c1. The van der Waals surface area contributed by atoms with Crippen LogP contribution in [0.2, 0.25) is 0 Å². The zero-order valence-electron chi connectivity index (χ0n) is 8.38. The molecule has 1 aromatic carbocycles. The number of aromatic amines is 1. The minimum absolute atomic E-state index is 0.0165. The van der Waals surface area contributed by atoms with E-state index in [2.05, 4.69) is 20.2 Å². The molecule has 0 bridgehead atoms.